The van der Waals surface area contributed by atoms with Gasteiger partial charge in [0.1, 0.15) is 0 Å². The zero-order valence-electron chi connectivity index (χ0n) is 11.0. The predicted molar refractivity (Wildman–Crippen MR) is 73.6 cm³/mol. The molecule has 0 atom stereocenters. The van der Waals surface area contributed by atoms with Gasteiger partial charge in [0.15, 0.2) is 0 Å². The van der Waals surface area contributed by atoms with Crippen LogP contribution in [0.15, 0.2) is 24.3 Å². The van der Waals surface area contributed by atoms with Crippen LogP contribution in [0.2, 0.25) is 0 Å². The fourth-order valence-corrected chi connectivity index (χ4v) is 3.04. The van der Waals surface area contributed by atoms with Crippen molar-refractivity contribution in [1.29, 1.82) is 0 Å². The molecule has 1 aromatic carbocycles. The molecule has 0 spiro atoms. The van der Waals surface area contributed by atoms with E-state index in [9.17, 15) is 4.79 Å². The van der Waals surface area contributed by atoms with E-state index in [1.165, 1.54) is 0 Å². The summed E-state index contributed by atoms with van der Waals surface area (Å²) in [4.78, 5) is 17.4. The van der Waals surface area contributed by atoms with Crippen molar-refractivity contribution >= 4 is 30.1 Å². The zero-order chi connectivity index (χ0) is 13.7. The van der Waals surface area contributed by atoms with E-state index in [-0.39, 0.29) is 19.6 Å². The van der Waals surface area contributed by atoms with Gasteiger partial charge in [0, 0.05) is 0 Å². The molecule has 0 aliphatic heterocycles. The van der Waals surface area contributed by atoms with Crippen molar-refractivity contribution in [1.82, 2.24) is 4.90 Å². The summed E-state index contributed by atoms with van der Waals surface area (Å²) < 4.78 is 3.10. The van der Waals surface area contributed by atoms with E-state index in [0.29, 0.717) is 11.3 Å². The van der Waals surface area contributed by atoms with Crippen LogP contribution in [0.3, 0.4) is 0 Å². The fraction of sp³-hybridized carbons (Fsp3) is 0.308. The first-order valence-electron chi connectivity index (χ1n) is 5.37. The molecular formula is C13H16N3OSe+. The molecule has 0 bridgehead atoms. The summed E-state index contributed by atoms with van der Waals surface area (Å²) in [7, 11) is 7.75. The molecule has 0 unspecified atom stereocenters. The topological polar surface area (TPSA) is 27.7 Å². The molecule has 1 rings (SSSR count). The summed E-state index contributed by atoms with van der Waals surface area (Å²) in [5, 5.41) is 0. The Morgan fingerprint density at radius 2 is 1.83 bits per heavy atom. The van der Waals surface area contributed by atoms with Gasteiger partial charge in [0.25, 0.3) is 0 Å². The first kappa shape index (κ1) is 14.4. The van der Waals surface area contributed by atoms with Crippen molar-refractivity contribution in [3.63, 3.8) is 0 Å². The van der Waals surface area contributed by atoms with Gasteiger partial charge in [0.2, 0.25) is 0 Å². The molecule has 0 aromatic heterocycles. The molecule has 0 amide bonds. The van der Waals surface area contributed by atoms with Crippen LogP contribution in [0.5, 0.6) is 0 Å². The molecule has 4 nitrogen and oxygen atoms in total. The second kappa shape index (κ2) is 6.34. The minimum absolute atomic E-state index is 0.122. The van der Waals surface area contributed by atoms with Crippen molar-refractivity contribution in [2.24, 2.45) is 0 Å². The maximum atomic E-state index is 12.1. The van der Waals surface area contributed by atoms with Crippen LogP contribution in [-0.4, -0.2) is 62.0 Å². The van der Waals surface area contributed by atoms with E-state index in [1.54, 1.807) is 24.3 Å². The Balaban J connectivity index is 2.89. The average Bonchev–Trinajstić information content (AvgIpc) is 2.35. The van der Waals surface area contributed by atoms with Crippen LogP contribution < -0.4 is 0 Å². The third-order valence-corrected chi connectivity index (χ3v) is 4.98. The number of carbonyl (C=O) groups is 1. The summed E-state index contributed by atoms with van der Waals surface area (Å²) in [6, 6.07) is 6.81. The Morgan fingerprint density at radius 1 is 1.28 bits per heavy atom. The molecule has 0 aliphatic rings. The molecule has 18 heavy (non-hydrogen) atoms. The minimum atomic E-state index is -0.257. The predicted octanol–water partition coefficient (Wildman–Crippen LogP) is 1.27. The zero-order valence-corrected chi connectivity index (χ0v) is 12.7. The summed E-state index contributed by atoms with van der Waals surface area (Å²) in [5.41, 5.74) is 1.23. The van der Waals surface area contributed by atoms with Gasteiger partial charge in [-0.15, -0.1) is 0 Å². The SMILES string of the molecule is [C-]#[N+]c1ccc(C(=O)[Se]C(N(C)C)=[N+](C)C)cc1. The second-order valence-corrected chi connectivity index (χ2v) is 6.09. The molecule has 5 heteroatoms. The second-order valence-electron chi connectivity index (χ2n) is 4.12. The van der Waals surface area contributed by atoms with Crippen molar-refractivity contribution in [3.8, 4) is 0 Å². The fourth-order valence-electron chi connectivity index (χ4n) is 1.40. The number of hydrogen-bond acceptors (Lipinski definition) is 1. The Morgan fingerprint density at radius 3 is 2.22 bits per heavy atom. The van der Waals surface area contributed by atoms with Crippen molar-refractivity contribution in [2.45, 2.75) is 0 Å². The van der Waals surface area contributed by atoms with Crippen LogP contribution >= 0.6 is 0 Å². The van der Waals surface area contributed by atoms with Crippen molar-refractivity contribution in [3.05, 3.63) is 41.2 Å². The number of carbonyl (C=O) groups excluding carboxylic acids is 1. The summed E-state index contributed by atoms with van der Waals surface area (Å²) in [5.74, 6) is 0. The average molecular weight is 309 g/mol. The summed E-state index contributed by atoms with van der Waals surface area (Å²) >= 11 is -0.257. The standard InChI is InChI=1S/C13H16N3OSe/c1-14-11-8-6-10(7-9-11)12(17)18-13(15(2)3)16(4)5/h6-9H,2-5H3/q+1. The molecule has 0 fully saturated rings. The molecule has 0 saturated carbocycles. The molecule has 0 saturated heterocycles. The van der Waals surface area contributed by atoms with Gasteiger partial charge in [0.05, 0.1) is 0 Å². The molecule has 1 aromatic rings. The molecule has 0 radical (unpaired) electrons. The first-order valence-corrected chi connectivity index (χ1v) is 7.08. The van der Waals surface area contributed by atoms with Gasteiger partial charge in [-0.1, -0.05) is 0 Å². The Bertz CT molecular complexity index is 508. The van der Waals surface area contributed by atoms with Gasteiger partial charge in [-0.25, -0.2) is 0 Å². The van der Waals surface area contributed by atoms with E-state index >= 15 is 0 Å². The van der Waals surface area contributed by atoms with Crippen LogP contribution in [0, 0.1) is 6.57 Å². The Hall–Kier alpha value is -1.63. The van der Waals surface area contributed by atoms with Crippen LogP contribution in [0.4, 0.5) is 5.69 Å². The van der Waals surface area contributed by atoms with E-state index in [1.807, 2.05) is 37.7 Å². The van der Waals surface area contributed by atoms with E-state index < -0.39 is 0 Å². The molecule has 0 heterocycles. The number of amidine groups is 1. The van der Waals surface area contributed by atoms with Crippen LogP contribution in [0.1, 0.15) is 10.4 Å². The van der Waals surface area contributed by atoms with Gasteiger partial charge >= 0.3 is 114 Å². The van der Waals surface area contributed by atoms with Gasteiger partial charge in [-0.2, -0.15) is 0 Å². The van der Waals surface area contributed by atoms with Crippen LogP contribution in [0.25, 0.3) is 4.85 Å². The molecule has 94 valence electrons. The Kier molecular flexibility index (Phi) is 5.08. The molecule has 0 aliphatic carbocycles. The maximum absolute atomic E-state index is 12.1. The summed E-state index contributed by atoms with van der Waals surface area (Å²) in [6.07, 6.45) is 0. The number of benzene rings is 1. The Labute approximate surface area is 114 Å². The van der Waals surface area contributed by atoms with Gasteiger partial charge in [-0.05, 0) is 0 Å². The number of hydrogen-bond donors (Lipinski definition) is 0. The number of rotatable bonds is 3. The van der Waals surface area contributed by atoms with Crippen LogP contribution in [-0.2, 0) is 0 Å². The number of nitrogens with zero attached hydrogens (tertiary/aromatic N) is 3. The molecule has 0 N–H and O–H groups in total. The quantitative estimate of drug-likeness (QED) is 0.276. The van der Waals surface area contributed by atoms with E-state index in [4.69, 9.17) is 6.57 Å². The van der Waals surface area contributed by atoms with E-state index in [2.05, 4.69) is 4.85 Å². The van der Waals surface area contributed by atoms with Gasteiger partial charge < -0.3 is 0 Å². The molecular weight excluding hydrogens is 293 g/mol. The first-order chi connectivity index (χ1) is 8.45. The third-order valence-electron chi connectivity index (χ3n) is 2.18. The van der Waals surface area contributed by atoms with Gasteiger partial charge in [-0.3, -0.25) is 0 Å². The van der Waals surface area contributed by atoms with Crippen molar-refractivity contribution < 1.29 is 9.37 Å². The summed E-state index contributed by atoms with van der Waals surface area (Å²) in [6.45, 7) is 6.87. The van der Waals surface area contributed by atoms with Crippen molar-refractivity contribution in [2.75, 3.05) is 28.2 Å². The third kappa shape index (κ3) is 3.69. The normalized spacial score (nSPS) is 9.50. The van der Waals surface area contributed by atoms with E-state index in [0.717, 1.165) is 4.73 Å². The monoisotopic (exact) mass is 310 g/mol.